The summed E-state index contributed by atoms with van der Waals surface area (Å²) in [5.74, 6) is 1.50. The molecule has 0 unspecified atom stereocenters. The van der Waals surface area contributed by atoms with Gasteiger partial charge in [0.25, 0.3) is 5.91 Å². The van der Waals surface area contributed by atoms with Crippen LogP contribution < -0.4 is 14.8 Å². The maximum atomic E-state index is 12.5. The number of anilines is 1. The first-order chi connectivity index (χ1) is 14.2. The molecule has 2 aliphatic rings. The molecule has 6 nitrogen and oxygen atoms in total. The van der Waals surface area contributed by atoms with Gasteiger partial charge < -0.3 is 19.5 Å². The van der Waals surface area contributed by atoms with Gasteiger partial charge in [-0.05, 0) is 54.2 Å². The molecule has 6 heteroatoms. The summed E-state index contributed by atoms with van der Waals surface area (Å²) in [6.45, 7) is 3.23. The predicted octanol–water partition coefficient (Wildman–Crippen LogP) is 3.38. The summed E-state index contributed by atoms with van der Waals surface area (Å²) in [4.78, 5) is 14.9. The molecular weight excluding hydrogens is 368 g/mol. The Hall–Kier alpha value is -2.57. The van der Waals surface area contributed by atoms with Crippen LogP contribution in [0.25, 0.3) is 0 Å². The summed E-state index contributed by atoms with van der Waals surface area (Å²) in [6.07, 6.45) is 2.37. The Morgan fingerprint density at radius 1 is 1.17 bits per heavy atom. The van der Waals surface area contributed by atoms with Gasteiger partial charge in [0.05, 0.1) is 14.2 Å². The molecule has 2 aromatic carbocycles. The zero-order valence-corrected chi connectivity index (χ0v) is 17.1. The van der Waals surface area contributed by atoms with Crippen LogP contribution in [0.2, 0.25) is 0 Å². The molecule has 2 aromatic rings. The van der Waals surface area contributed by atoms with Crippen LogP contribution in [0.1, 0.15) is 29.5 Å². The van der Waals surface area contributed by atoms with Gasteiger partial charge in [-0.1, -0.05) is 18.2 Å². The van der Waals surface area contributed by atoms with Crippen molar-refractivity contribution in [3.05, 3.63) is 53.1 Å². The van der Waals surface area contributed by atoms with Gasteiger partial charge >= 0.3 is 0 Å². The molecule has 1 fully saturated rings. The molecule has 0 aliphatic carbocycles. The number of carbonyl (C=O) groups excluding carboxylic acids is 1. The van der Waals surface area contributed by atoms with E-state index in [1.165, 1.54) is 11.1 Å². The SMILES string of the molecule is COc1cc2c(cc1OC)CN(Cc1ccccc1NC(=O)[C@@H]1CCCO1)CC2. The lowest BCUT2D eigenvalue weighted by molar-refractivity contribution is -0.124. The zero-order valence-electron chi connectivity index (χ0n) is 17.1. The Morgan fingerprint density at radius 2 is 1.93 bits per heavy atom. The third-order valence-corrected chi connectivity index (χ3v) is 5.69. The summed E-state index contributed by atoms with van der Waals surface area (Å²) >= 11 is 0. The van der Waals surface area contributed by atoms with Gasteiger partial charge in [0, 0.05) is 31.9 Å². The van der Waals surface area contributed by atoms with Crippen molar-refractivity contribution in [2.24, 2.45) is 0 Å². The van der Waals surface area contributed by atoms with Crippen molar-refractivity contribution < 1.29 is 19.0 Å². The first-order valence-corrected chi connectivity index (χ1v) is 10.1. The fraction of sp³-hybridized carbons (Fsp3) is 0.435. The number of hydrogen-bond donors (Lipinski definition) is 1. The number of hydrogen-bond acceptors (Lipinski definition) is 5. The number of fused-ring (bicyclic) bond motifs is 1. The van der Waals surface area contributed by atoms with E-state index in [9.17, 15) is 4.79 Å². The summed E-state index contributed by atoms with van der Waals surface area (Å²) < 4.78 is 16.4. The zero-order chi connectivity index (χ0) is 20.2. The minimum Gasteiger partial charge on any atom is -0.493 e. The number of nitrogens with one attached hydrogen (secondary N) is 1. The van der Waals surface area contributed by atoms with Crippen LogP contribution in [0.5, 0.6) is 11.5 Å². The van der Waals surface area contributed by atoms with E-state index in [2.05, 4.69) is 28.4 Å². The number of ether oxygens (including phenoxy) is 3. The summed E-state index contributed by atoms with van der Waals surface area (Å²) in [5.41, 5.74) is 4.54. The monoisotopic (exact) mass is 396 g/mol. The van der Waals surface area contributed by atoms with Crippen LogP contribution in [-0.2, 0) is 29.0 Å². The lowest BCUT2D eigenvalue weighted by Crippen LogP contribution is -2.31. The van der Waals surface area contributed by atoms with E-state index >= 15 is 0 Å². The van der Waals surface area contributed by atoms with E-state index in [1.54, 1.807) is 14.2 Å². The topological polar surface area (TPSA) is 60.0 Å². The molecule has 1 N–H and O–H groups in total. The Kier molecular flexibility index (Phi) is 6.02. The minimum atomic E-state index is -0.327. The van der Waals surface area contributed by atoms with Crippen molar-refractivity contribution in [2.75, 3.05) is 32.7 Å². The van der Waals surface area contributed by atoms with Crippen molar-refractivity contribution in [1.82, 2.24) is 4.90 Å². The maximum absolute atomic E-state index is 12.5. The molecule has 1 atom stereocenters. The van der Waals surface area contributed by atoms with Crippen molar-refractivity contribution in [2.45, 2.75) is 38.5 Å². The third kappa shape index (κ3) is 4.38. The predicted molar refractivity (Wildman–Crippen MR) is 111 cm³/mol. The van der Waals surface area contributed by atoms with Crippen LogP contribution >= 0.6 is 0 Å². The van der Waals surface area contributed by atoms with Crippen LogP contribution in [-0.4, -0.2) is 44.3 Å². The Balaban J connectivity index is 1.47. The van der Waals surface area contributed by atoms with Crippen molar-refractivity contribution in [3.8, 4) is 11.5 Å². The summed E-state index contributed by atoms with van der Waals surface area (Å²) in [6, 6.07) is 12.2. The molecule has 0 bridgehead atoms. The highest BCUT2D eigenvalue weighted by atomic mass is 16.5. The average Bonchev–Trinajstić information content (AvgIpc) is 3.29. The molecule has 0 aromatic heterocycles. The number of para-hydroxylation sites is 1. The lowest BCUT2D eigenvalue weighted by atomic mass is 9.98. The van der Waals surface area contributed by atoms with Gasteiger partial charge in [-0.25, -0.2) is 0 Å². The normalized spacial score (nSPS) is 18.9. The van der Waals surface area contributed by atoms with E-state index < -0.39 is 0 Å². The largest absolute Gasteiger partial charge is 0.493 e. The first-order valence-electron chi connectivity index (χ1n) is 10.1. The van der Waals surface area contributed by atoms with Crippen molar-refractivity contribution in [3.63, 3.8) is 0 Å². The smallest absolute Gasteiger partial charge is 0.253 e. The molecule has 0 spiro atoms. The summed E-state index contributed by atoms with van der Waals surface area (Å²) in [7, 11) is 3.33. The quantitative estimate of drug-likeness (QED) is 0.811. The Morgan fingerprint density at radius 3 is 2.66 bits per heavy atom. The van der Waals surface area contributed by atoms with Gasteiger partial charge in [0.1, 0.15) is 6.10 Å². The molecule has 2 heterocycles. The second-order valence-electron chi connectivity index (χ2n) is 7.58. The van der Waals surface area contributed by atoms with Crippen LogP contribution in [0.15, 0.2) is 36.4 Å². The third-order valence-electron chi connectivity index (χ3n) is 5.69. The molecule has 2 aliphatic heterocycles. The maximum Gasteiger partial charge on any atom is 0.253 e. The van der Waals surface area contributed by atoms with Gasteiger partial charge in [0.2, 0.25) is 0 Å². The van der Waals surface area contributed by atoms with Crippen LogP contribution in [0.4, 0.5) is 5.69 Å². The van der Waals surface area contributed by atoms with Gasteiger partial charge in [-0.15, -0.1) is 0 Å². The van der Waals surface area contributed by atoms with Gasteiger partial charge in [-0.2, -0.15) is 0 Å². The molecule has 0 saturated carbocycles. The van der Waals surface area contributed by atoms with Gasteiger partial charge in [-0.3, -0.25) is 9.69 Å². The van der Waals surface area contributed by atoms with Crippen molar-refractivity contribution in [1.29, 1.82) is 0 Å². The van der Waals surface area contributed by atoms with E-state index in [0.717, 1.165) is 61.6 Å². The van der Waals surface area contributed by atoms with E-state index in [-0.39, 0.29) is 12.0 Å². The Bertz CT molecular complexity index is 877. The van der Waals surface area contributed by atoms with Crippen molar-refractivity contribution >= 4 is 11.6 Å². The standard InChI is InChI=1S/C23H28N2O4/c1-27-21-12-16-9-10-25(15-18(16)13-22(21)28-2)14-17-6-3-4-7-19(17)24-23(26)20-8-5-11-29-20/h3-4,6-7,12-13,20H,5,8-11,14-15H2,1-2H3,(H,24,26)/t20-/m0/s1. The number of amides is 1. The molecule has 0 radical (unpaired) electrons. The number of benzene rings is 2. The Labute approximate surface area is 171 Å². The second kappa shape index (κ2) is 8.84. The number of carbonyl (C=O) groups is 1. The molecule has 1 saturated heterocycles. The lowest BCUT2D eigenvalue weighted by Gasteiger charge is -2.30. The minimum absolute atomic E-state index is 0.0456. The number of methoxy groups -OCH3 is 2. The van der Waals surface area contributed by atoms with E-state index in [4.69, 9.17) is 14.2 Å². The fourth-order valence-electron chi connectivity index (χ4n) is 4.10. The van der Waals surface area contributed by atoms with Gasteiger partial charge in [0.15, 0.2) is 11.5 Å². The molecule has 154 valence electrons. The fourth-order valence-corrected chi connectivity index (χ4v) is 4.10. The highest BCUT2D eigenvalue weighted by molar-refractivity contribution is 5.95. The van der Waals surface area contributed by atoms with Crippen LogP contribution in [0.3, 0.4) is 0 Å². The molecule has 1 amide bonds. The molecule has 4 rings (SSSR count). The highest BCUT2D eigenvalue weighted by Gasteiger charge is 2.25. The molecule has 29 heavy (non-hydrogen) atoms. The van der Waals surface area contributed by atoms with Crippen LogP contribution in [0, 0.1) is 0 Å². The average molecular weight is 396 g/mol. The van der Waals surface area contributed by atoms with E-state index in [0.29, 0.717) is 6.61 Å². The van der Waals surface area contributed by atoms with E-state index in [1.807, 2.05) is 18.2 Å². The first kappa shape index (κ1) is 19.7. The second-order valence-corrected chi connectivity index (χ2v) is 7.58. The highest BCUT2D eigenvalue weighted by Crippen LogP contribution is 2.34. The summed E-state index contributed by atoms with van der Waals surface area (Å²) in [5, 5.41) is 3.07. The number of nitrogens with zero attached hydrogens (tertiary/aromatic N) is 1. The molecular formula is C23H28N2O4. The number of rotatable bonds is 6.